The Morgan fingerprint density at radius 3 is 2.58 bits per heavy atom. The predicted octanol–water partition coefficient (Wildman–Crippen LogP) is 1.79. The van der Waals surface area contributed by atoms with Crippen molar-refractivity contribution >= 4 is 5.71 Å². The molecule has 12 heavy (non-hydrogen) atoms. The molecule has 0 aromatic heterocycles. The first-order valence-electron chi connectivity index (χ1n) is 3.57. The summed E-state index contributed by atoms with van der Waals surface area (Å²) in [4.78, 5) is 0. The van der Waals surface area contributed by atoms with Crippen molar-refractivity contribution in [1.29, 1.82) is 5.41 Å². The van der Waals surface area contributed by atoms with Gasteiger partial charge in [0.05, 0.1) is 7.11 Å². The van der Waals surface area contributed by atoms with Gasteiger partial charge in [-0.05, 0) is 19.1 Å². The molecule has 3 nitrogen and oxygen atoms in total. The van der Waals surface area contributed by atoms with E-state index in [9.17, 15) is 5.11 Å². The van der Waals surface area contributed by atoms with Crippen LogP contribution in [0.5, 0.6) is 11.5 Å². The van der Waals surface area contributed by atoms with Gasteiger partial charge in [-0.1, -0.05) is 0 Å². The second-order valence-electron chi connectivity index (χ2n) is 2.51. The fraction of sp³-hybridized carbons (Fsp3) is 0.222. The Morgan fingerprint density at radius 2 is 2.17 bits per heavy atom. The van der Waals surface area contributed by atoms with Crippen molar-refractivity contribution in [2.24, 2.45) is 0 Å². The van der Waals surface area contributed by atoms with E-state index in [1.165, 1.54) is 13.2 Å². The number of phenols is 1. The lowest BCUT2D eigenvalue weighted by Crippen LogP contribution is -1.93. The van der Waals surface area contributed by atoms with E-state index in [0.717, 1.165) is 0 Å². The zero-order valence-electron chi connectivity index (χ0n) is 7.09. The Hall–Kier alpha value is -1.51. The summed E-state index contributed by atoms with van der Waals surface area (Å²) in [5, 5.41) is 16.7. The smallest absolute Gasteiger partial charge is 0.128 e. The Kier molecular flexibility index (Phi) is 2.33. The number of methoxy groups -OCH3 is 1. The first kappa shape index (κ1) is 8.59. The third kappa shape index (κ3) is 1.56. The summed E-state index contributed by atoms with van der Waals surface area (Å²) in [6.07, 6.45) is 0. The summed E-state index contributed by atoms with van der Waals surface area (Å²) in [6, 6.07) is 4.87. The van der Waals surface area contributed by atoms with E-state index in [2.05, 4.69) is 0 Å². The molecule has 0 aliphatic rings. The average Bonchev–Trinajstić information content (AvgIpc) is 2.03. The highest BCUT2D eigenvalue weighted by Crippen LogP contribution is 2.23. The first-order chi connectivity index (χ1) is 5.65. The molecule has 0 atom stereocenters. The zero-order chi connectivity index (χ0) is 9.14. The Bertz CT molecular complexity index is 307. The minimum Gasteiger partial charge on any atom is -0.507 e. The summed E-state index contributed by atoms with van der Waals surface area (Å²) in [5.41, 5.74) is 0.881. The van der Waals surface area contributed by atoms with E-state index in [4.69, 9.17) is 10.1 Å². The summed E-state index contributed by atoms with van der Waals surface area (Å²) in [5.74, 6) is 0.680. The molecule has 3 heteroatoms. The molecule has 0 heterocycles. The first-order valence-corrected chi connectivity index (χ1v) is 3.57. The third-order valence-corrected chi connectivity index (χ3v) is 1.61. The van der Waals surface area contributed by atoms with Gasteiger partial charge in [-0.3, -0.25) is 0 Å². The van der Waals surface area contributed by atoms with Gasteiger partial charge >= 0.3 is 0 Å². The van der Waals surface area contributed by atoms with Crippen molar-refractivity contribution in [1.82, 2.24) is 0 Å². The number of hydrogen-bond donors (Lipinski definition) is 2. The van der Waals surface area contributed by atoms with E-state index in [-0.39, 0.29) is 5.75 Å². The van der Waals surface area contributed by atoms with Gasteiger partial charge in [0.2, 0.25) is 0 Å². The van der Waals surface area contributed by atoms with Crippen LogP contribution in [-0.4, -0.2) is 17.9 Å². The monoisotopic (exact) mass is 165 g/mol. The topological polar surface area (TPSA) is 53.3 Å². The highest BCUT2D eigenvalue weighted by atomic mass is 16.5. The van der Waals surface area contributed by atoms with Gasteiger partial charge in [-0.2, -0.15) is 0 Å². The molecule has 0 unspecified atom stereocenters. The van der Waals surface area contributed by atoms with Gasteiger partial charge in [-0.25, -0.2) is 0 Å². The molecule has 0 amide bonds. The highest BCUT2D eigenvalue weighted by molar-refractivity contribution is 5.98. The minimum atomic E-state index is 0.0850. The molecular weight excluding hydrogens is 154 g/mol. The quantitative estimate of drug-likeness (QED) is 0.656. The molecule has 0 saturated carbocycles. The molecule has 0 radical (unpaired) electrons. The van der Waals surface area contributed by atoms with Gasteiger partial charge in [-0.15, -0.1) is 0 Å². The van der Waals surface area contributed by atoms with Gasteiger partial charge < -0.3 is 15.3 Å². The summed E-state index contributed by atoms with van der Waals surface area (Å²) in [6.45, 7) is 1.63. The largest absolute Gasteiger partial charge is 0.507 e. The molecule has 0 saturated heterocycles. The van der Waals surface area contributed by atoms with Gasteiger partial charge in [0.1, 0.15) is 11.5 Å². The number of hydrogen-bond acceptors (Lipinski definition) is 3. The maximum absolute atomic E-state index is 9.37. The number of rotatable bonds is 2. The minimum absolute atomic E-state index is 0.0850. The van der Waals surface area contributed by atoms with Crippen LogP contribution in [0.1, 0.15) is 12.5 Å². The maximum atomic E-state index is 9.37. The Balaban J connectivity index is 3.12. The van der Waals surface area contributed by atoms with E-state index in [1.807, 2.05) is 0 Å². The van der Waals surface area contributed by atoms with Crippen LogP contribution < -0.4 is 4.74 Å². The fourth-order valence-electron chi connectivity index (χ4n) is 0.956. The van der Waals surface area contributed by atoms with E-state index in [1.54, 1.807) is 19.1 Å². The van der Waals surface area contributed by atoms with E-state index < -0.39 is 0 Å². The van der Waals surface area contributed by atoms with Crippen LogP contribution in [0.4, 0.5) is 0 Å². The number of benzene rings is 1. The second kappa shape index (κ2) is 3.26. The van der Waals surface area contributed by atoms with Gasteiger partial charge in [0, 0.05) is 17.3 Å². The molecule has 64 valence electrons. The Labute approximate surface area is 71.1 Å². The number of aromatic hydroxyl groups is 1. The van der Waals surface area contributed by atoms with Crippen LogP contribution in [0.25, 0.3) is 0 Å². The fourth-order valence-corrected chi connectivity index (χ4v) is 0.956. The van der Waals surface area contributed by atoms with Crippen molar-refractivity contribution in [3.8, 4) is 11.5 Å². The van der Waals surface area contributed by atoms with Crippen LogP contribution in [0.15, 0.2) is 18.2 Å². The summed E-state index contributed by atoms with van der Waals surface area (Å²) < 4.78 is 4.90. The van der Waals surface area contributed by atoms with Gasteiger partial charge in [0.25, 0.3) is 0 Å². The molecule has 0 fully saturated rings. The van der Waals surface area contributed by atoms with Crippen molar-refractivity contribution in [2.75, 3.05) is 7.11 Å². The van der Waals surface area contributed by atoms with Crippen LogP contribution in [0, 0.1) is 5.41 Å². The van der Waals surface area contributed by atoms with Crippen molar-refractivity contribution in [3.63, 3.8) is 0 Å². The lowest BCUT2D eigenvalue weighted by atomic mass is 10.1. The molecular formula is C9H11NO2. The van der Waals surface area contributed by atoms with Crippen molar-refractivity contribution in [2.45, 2.75) is 6.92 Å². The van der Waals surface area contributed by atoms with Crippen molar-refractivity contribution in [3.05, 3.63) is 23.8 Å². The third-order valence-electron chi connectivity index (χ3n) is 1.61. The van der Waals surface area contributed by atoms with Crippen LogP contribution in [-0.2, 0) is 0 Å². The van der Waals surface area contributed by atoms with Gasteiger partial charge in [0.15, 0.2) is 0 Å². The summed E-state index contributed by atoms with van der Waals surface area (Å²) in [7, 11) is 1.53. The highest BCUT2D eigenvalue weighted by Gasteiger charge is 2.03. The average molecular weight is 165 g/mol. The molecule has 1 aromatic rings. The standard InChI is InChI=1S/C9H11NO2/c1-6(10)8-4-3-7(12-2)5-9(8)11/h3-5,10-11H,1-2H3. The van der Waals surface area contributed by atoms with E-state index >= 15 is 0 Å². The number of nitrogens with one attached hydrogen (secondary N) is 1. The number of phenolic OH excluding ortho intramolecular Hbond substituents is 1. The van der Waals surface area contributed by atoms with Crippen LogP contribution >= 0.6 is 0 Å². The molecule has 2 N–H and O–H groups in total. The molecule has 0 aliphatic heterocycles. The molecule has 0 aliphatic carbocycles. The van der Waals surface area contributed by atoms with E-state index in [0.29, 0.717) is 17.0 Å². The predicted molar refractivity (Wildman–Crippen MR) is 47.2 cm³/mol. The lowest BCUT2D eigenvalue weighted by Gasteiger charge is -2.04. The van der Waals surface area contributed by atoms with Crippen LogP contribution in [0.2, 0.25) is 0 Å². The lowest BCUT2D eigenvalue weighted by molar-refractivity contribution is 0.407. The molecule has 0 bridgehead atoms. The summed E-state index contributed by atoms with van der Waals surface area (Å²) >= 11 is 0. The SMILES string of the molecule is COc1ccc(C(C)=N)c(O)c1. The second-order valence-corrected chi connectivity index (χ2v) is 2.51. The van der Waals surface area contributed by atoms with Crippen molar-refractivity contribution < 1.29 is 9.84 Å². The Morgan fingerprint density at radius 1 is 1.50 bits per heavy atom. The normalized spacial score (nSPS) is 9.50. The molecule has 1 rings (SSSR count). The van der Waals surface area contributed by atoms with Crippen LogP contribution in [0.3, 0.4) is 0 Å². The number of ether oxygens (including phenoxy) is 1. The molecule has 0 spiro atoms. The zero-order valence-corrected chi connectivity index (χ0v) is 7.09. The maximum Gasteiger partial charge on any atom is 0.128 e. The molecule has 1 aromatic carbocycles.